The Morgan fingerprint density at radius 3 is 2.47 bits per heavy atom. The van der Waals surface area contributed by atoms with E-state index in [-0.39, 0.29) is 22.9 Å². The minimum Gasteiger partial charge on any atom is -0.489 e. The maximum Gasteiger partial charge on any atom is 0.256 e. The standard InChI is InChI=1S/C23H22FNO4S/c1-16(2)30(27,28)22-12-4-3-11-21(22)23(26)25-19-9-5-7-17(13-19)15-29-20-10-6-8-18(24)14-20/h3-14,16H,15H2,1-2H3,(H,25,26). The van der Waals surface area contributed by atoms with Gasteiger partial charge in [-0.1, -0.05) is 30.3 Å². The molecule has 0 aromatic heterocycles. The van der Waals surface area contributed by atoms with E-state index in [9.17, 15) is 17.6 Å². The van der Waals surface area contributed by atoms with Crippen LogP contribution >= 0.6 is 0 Å². The molecule has 0 saturated carbocycles. The number of benzene rings is 3. The Kier molecular flexibility index (Phi) is 6.52. The lowest BCUT2D eigenvalue weighted by atomic mass is 10.2. The Balaban J connectivity index is 1.76. The fourth-order valence-electron chi connectivity index (χ4n) is 2.82. The fraction of sp³-hybridized carbons (Fsp3) is 0.174. The molecule has 0 fully saturated rings. The van der Waals surface area contributed by atoms with Gasteiger partial charge in [0.1, 0.15) is 18.2 Å². The molecule has 0 bridgehead atoms. The number of carbonyl (C=O) groups is 1. The summed E-state index contributed by atoms with van der Waals surface area (Å²) in [7, 11) is -3.61. The molecule has 3 aromatic carbocycles. The number of sulfone groups is 1. The Labute approximate surface area is 175 Å². The number of carbonyl (C=O) groups excluding carboxylic acids is 1. The van der Waals surface area contributed by atoms with Crippen molar-refractivity contribution < 1.29 is 22.3 Å². The highest BCUT2D eigenvalue weighted by molar-refractivity contribution is 7.92. The normalized spacial score (nSPS) is 11.3. The third kappa shape index (κ3) is 5.04. The van der Waals surface area contributed by atoms with Crippen LogP contribution < -0.4 is 10.1 Å². The van der Waals surface area contributed by atoms with Gasteiger partial charge in [-0.2, -0.15) is 0 Å². The first kappa shape index (κ1) is 21.5. The molecule has 1 N–H and O–H groups in total. The molecule has 0 radical (unpaired) electrons. The second kappa shape index (κ2) is 9.09. The van der Waals surface area contributed by atoms with E-state index in [1.165, 1.54) is 24.3 Å². The maximum atomic E-state index is 13.3. The number of rotatable bonds is 7. The van der Waals surface area contributed by atoms with E-state index in [2.05, 4.69) is 5.32 Å². The first-order valence-corrected chi connectivity index (χ1v) is 10.9. The van der Waals surface area contributed by atoms with Gasteiger partial charge in [-0.25, -0.2) is 12.8 Å². The highest BCUT2D eigenvalue weighted by Crippen LogP contribution is 2.22. The van der Waals surface area contributed by atoms with Crippen molar-refractivity contribution in [3.63, 3.8) is 0 Å². The average molecular weight is 427 g/mol. The molecular weight excluding hydrogens is 405 g/mol. The second-order valence-corrected chi connectivity index (χ2v) is 9.46. The van der Waals surface area contributed by atoms with Gasteiger partial charge < -0.3 is 10.1 Å². The summed E-state index contributed by atoms with van der Waals surface area (Å²) in [5.74, 6) is -0.501. The van der Waals surface area contributed by atoms with E-state index in [4.69, 9.17) is 4.74 Å². The van der Waals surface area contributed by atoms with Crippen molar-refractivity contribution in [2.24, 2.45) is 0 Å². The zero-order valence-corrected chi connectivity index (χ0v) is 17.4. The van der Waals surface area contributed by atoms with Crippen LogP contribution in [0.25, 0.3) is 0 Å². The molecule has 0 heterocycles. The van der Waals surface area contributed by atoms with E-state index < -0.39 is 21.0 Å². The average Bonchev–Trinajstić information content (AvgIpc) is 2.72. The summed E-state index contributed by atoms with van der Waals surface area (Å²) in [5, 5.41) is 2.09. The predicted molar refractivity (Wildman–Crippen MR) is 114 cm³/mol. The van der Waals surface area contributed by atoms with Crippen LogP contribution in [-0.2, 0) is 16.4 Å². The van der Waals surface area contributed by atoms with Crippen LogP contribution in [0.5, 0.6) is 5.75 Å². The van der Waals surface area contributed by atoms with Crippen LogP contribution in [0.15, 0.2) is 77.7 Å². The number of hydrogen-bond donors (Lipinski definition) is 1. The topological polar surface area (TPSA) is 72.5 Å². The minimum absolute atomic E-state index is 0.00286. The molecule has 0 aliphatic heterocycles. The fourth-order valence-corrected chi connectivity index (χ4v) is 4.06. The summed E-state index contributed by atoms with van der Waals surface area (Å²) < 4.78 is 44.0. The molecule has 0 aliphatic rings. The van der Waals surface area contributed by atoms with Crippen molar-refractivity contribution in [1.29, 1.82) is 0 Å². The molecule has 156 valence electrons. The molecule has 1 amide bonds. The summed E-state index contributed by atoms with van der Waals surface area (Å²) in [6, 6.07) is 19.0. The molecule has 30 heavy (non-hydrogen) atoms. The van der Waals surface area contributed by atoms with Crippen molar-refractivity contribution in [1.82, 2.24) is 0 Å². The lowest BCUT2D eigenvalue weighted by Crippen LogP contribution is -2.20. The molecule has 3 rings (SSSR count). The van der Waals surface area contributed by atoms with E-state index in [0.717, 1.165) is 5.56 Å². The highest BCUT2D eigenvalue weighted by atomic mass is 32.2. The van der Waals surface area contributed by atoms with E-state index >= 15 is 0 Å². The summed E-state index contributed by atoms with van der Waals surface area (Å²) in [4.78, 5) is 12.8. The first-order valence-electron chi connectivity index (χ1n) is 9.39. The van der Waals surface area contributed by atoms with E-state index in [1.807, 2.05) is 6.07 Å². The lowest BCUT2D eigenvalue weighted by Gasteiger charge is -2.13. The number of hydrogen-bond acceptors (Lipinski definition) is 4. The van der Waals surface area contributed by atoms with Crippen molar-refractivity contribution in [2.75, 3.05) is 5.32 Å². The molecular formula is C23H22FNO4S. The molecule has 0 atom stereocenters. The number of amides is 1. The van der Waals surface area contributed by atoms with Crippen LogP contribution in [0.4, 0.5) is 10.1 Å². The van der Waals surface area contributed by atoms with Gasteiger partial charge in [0.2, 0.25) is 0 Å². The van der Waals surface area contributed by atoms with Gasteiger partial charge >= 0.3 is 0 Å². The molecule has 0 spiro atoms. The summed E-state index contributed by atoms with van der Waals surface area (Å²) >= 11 is 0. The monoisotopic (exact) mass is 427 g/mol. The first-order chi connectivity index (χ1) is 14.3. The van der Waals surface area contributed by atoms with Crippen LogP contribution in [0.1, 0.15) is 29.8 Å². The third-order valence-corrected chi connectivity index (χ3v) is 6.66. The Hall–Kier alpha value is -3.19. The van der Waals surface area contributed by atoms with Crippen LogP contribution in [-0.4, -0.2) is 19.6 Å². The molecule has 3 aromatic rings. The zero-order chi connectivity index (χ0) is 21.7. The smallest absolute Gasteiger partial charge is 0.256 e. The Bertz CT molecular complexity index is 1160. The quantitative estimate of drug-likeness (QED) is 0.586. The Morgan fingerprint density at radius 2 is 1.73 bits per heavy atom. The summed E-state index contributed by atoms with van der Waals surface area (Å²) in [6.45, 7) is 3.34. The van der Waals surface area contributed by atoms with Gasteiger partial charge in [-0.15, -0.1) is 0 Å². The summed E-state index contributed by atoms with van der Waals surface area (Å²) in [5.41, 5.74) is 1.35. The lowest BCUT2D eigenvalue weighted by molar-refractivity contribution is 0.102. The van der Waals surface area contributed by atoms with Gasteiger partial charge in [-0.3, -0.25) is 4.79 Å². The van der Waals surface area contributed by atoms with E-state index in [1.54, 1.807) is 56.3 Å². The van der Waals surface area contributed by atoms with Gasteiger partial charge in [0.05, 0.1) is 15.7 Å². The third-order valence-electron chi connectivity index (χ3n) is 4.45. The highest BCUT2D eigenvalue weighted by Gasteiger charge is 2.25. The van der Waals surface area contributed by atoms with Crippen LogP contribution in [0.2, 0.25) is 0 Å². The van der Waals surface area contributed by atoms with Gasteiger partial charge in [-0.05, 0) is 55.8 Å². The number of ether oxygens (including phenoxy) is 1. The van der Waals surface area contributed by atoms with Gasteiger partial charge in [0.25, 0.3) is 5.91 Å². The molecule has 5 nitrogen and oxygen atoms in total. The minimum atomic E-state index is -3.61. The number of halogens is 1. The van der Waals surface area contributed by atoms with Crippen molar-refractivity contribution in [3.8, 4) is 5.75 Å². The van der Waals surface area contributed by atoms with Gasteiger partial charge in [0, 0.05) is 11.8 Å². The van der Waals surface area contributed by atoms with Gasteiger partial charge in [0.15, 0.2) is 9.84 Å². The van der Waals surface area contributed by atoms with Crippen molar-refractivity contribution in [3.05, 3.63) is 89.7 Å². The van der Waals surface area contributed by atoms with E-state index in [0.29, 0.717) is 11.4 Å². The Morgan fingerprint density at radius 1 is 1.00 bits per heavy atom. The van der Waals surface area contributed by atoms with Crippen LogP contribution in [0, 0.1) is 5.82 Å². The maximum absolute atomic E-state index is 13.3. The number of anilines is 1. The molecule has 7 heteroatoms. The zero-order valence-electron chi connectivity index (χ0n) is 16.6. The summed E-state index contributed by atoms with van der Waals surface area (Å²) in [6.07, 6.45) is 0. The number of nitrogens with one attached hydrogen (secondary N) is 1. The largest absolute Gasteiger partial charge is 0.489 e. The second-order valence-electron chi connectivity index (χ2n) is 6.99. The molecule has 0 aliphatic carbocycles. The molecule has 0 saturated heterocycles. The van der Waals surface area contributed by atoms with Crippen LogP contribution in [0.3, 0.4) is 0 Å². The predicted octanol–water partition coefficient (Wildman–Crippen LogP) is 4.84. The van der Waals surface area contributed by atoms with Crippen molar-refractivity contribution >= 4 is 21.4 Å². The van der Waals surface area contributed by atoms with Crippen molar-refractivity contribution in [2.45, 2.75) is 30.6 Å². The molecule has 0 unspecified atom stereocenters. The SMILES string of the molecule is CC(C)S(=O)(=O)c1ccccc1C(=O)Nc1cccc(COc2cccc(F)c2)c1.